The first kappa shape index (κ1) is 10.7. The second-order valence-corrected chi connectivity index (χ2v) is 3.05. The number of aliphatic carboxylic acids is 1. The lowest BCUT2D eigenvalue weighted by Gasteiger charge is -2.02. The van der Waals surface area contributed by atoms with Crippen LogP contribution in [0, 0.1) is 0 Å². The fraction of sp³-hybridized carbons (Fsp3) is 0.375. The molecule has 0 bridgehead atoms. The minimum atomic E-state index is -0.797. The van der Waals surface area contributed by atoms with Gasteiger partial charge in [-0.25, -0.2) is 0 Å². The van der Waals surface area contributed by atoms with E-state index in [0.29, 0.717) is 23.9 Å². The quantitative estimate of drug-likeness (QED) is 0.727. The van der Waals surface area contributed by atoms with Gasteiger partial charge in [-0.2, -0.15) is 0 Å². The summed E-state index contributed by atoms with van der Waals surface area (Å²) in [5, 5.41) is 19.0. The lowest BCUT2D eigenvalue weighted by atomic mass is 10.3. The van der Waals surface area contributed by atoms with Crippen molar-refractivity contribution in [2.75, 3.05) is 11.9 Å². The van der Waals surface area contributed by atoms with Crippen molar-refractivity contribution in [3.63, 3.8) is 0 Å². The first-order valence-corrected chi connectivity index (χ1v) is 4.51. The van der Waals surface area contributed by atoms with Gasteiger partial charge in [0.15, 0.2) is 5.15 Å². The summed E-state index contributed by atoms with van der Waals surface area (Å²) in [4.78, 5) is 10.2. The van der Waals surface area contributed by atoms with Crippen molar-refractivity contribution in [3.8, 4) is 0 Å². The second kappa shape index (κ2) is 5.39. The number of halogens is 1. The highest BCUT2D eigenvalue weighted by atomic mass is 35.5. The summed E-state index contributed by atoms with van der Waals surface area (Å²) in [6, 6.07) is 3.31. The summed E-state index contributed by atoms with van der Waals surface area (Å²) in [6.07, 6.45) is 0.702. The van der Waals surface area contributed by atoms with Gasteiger partial charge in [-0.05, 0) is 18.6 Å². The molecule has 1 heterocycles. The molecule has 0 amide bonds. The molecule has 2 N–H and O–H groups in total. The summed E-state index contributed by atoms with van der Waals surface area (Å²) in [5.74, 6) is -0.200. The number of carboxylic acids is 1. The Morgan fingerprint density at radius 1 is 1.50 bits per heavy atom. The van der Waals surface area contributed by atoms with Crippen LogP contribution in [0.1, 0.15) is 12.8 Å². The van der Waals surface area contributed by atoms with Crippen LogP contribution in [-0.4, -0.2) is 27.8 Å². The summed E-state index contributed by atoms with van der Waals surface area (Å²) in [5.41, 5.74) is 0. The van der Waals surface area contributed by atoms with Gasteiger partial charge >= 0.3 is 5.97 Å². The molecule has 0 aliphatic carbocycles. The van der Waals surface area contributed by atoms with Crippen molar-refractivity contribution in [1.82, 2.24) is 10.2 Å². The highest BCUT2D eigenvalue weighted by Gasteiger charge is 1.97. The minimum Gasteiger partial charge on any atom is -0.481 e. The highest BCUT2D eigenvalue weighted by Crippen LogP contribution is 2.05. The number of carbonyl (C=O) groups is 1. The van der Waals surface area contributed by atoms with E-state index < -0.39 is 5.97 Å². The third-order valence-electron chi connectivity index (χ3n) is 1.51. The fourth-order valence-corrected chi connectivity index (χ4v) is 0.967. The number of nitrogens with zero attached hydrogens (tertiary/aromatic N) is 2. The van der Waals surface area contributed by atoms with Crippen LogP contribution in [0.15, 0.2) is 12.1 Å². The maximum absolute atomic E-state index is 10.2. The van der Waals surface area contributed by atoms with E-state index in [-0.39, 0.29) is 6.42 Å². The van der Waals surface area contributed by atoms with Crippen molar-refractivity contribution in [1.29, 1.82) is 0 Å². The lowest BCUT2D eigenvalue weighted by molar-refractivity contribution is -0.137. The van der Waals surface area contributed by atoms with Crippen LogP contribution in [-0.2, 0) is 4.79 Å². The number of nitrogens with one attached hydrogen (secondary N) is 1. The highest BCUT2D eigenvalue weighted by molar-refractivity contribution is 6.29. The zero-order valence-corrected chi connectivity index (χ0v) is 8.16. The monoisotopic (exact) mass is 215 g/mol. The normalized spacial score (nSPS) is 9.79. The van der Waals surface area contributed by atoms with Crippen molar-refractivity contribution in [3.05, 3.63) is 17.3 Å². The molecule has 0 spiro atoms. The molecule has 0 atom stereocenters. The van der Waals surface area contributed by atoms with Gasteiger partial charge in [0.1, 0.15) is 5.82 Å². The van der Waals surface area contributed by atoms with E-state index in [2.05, 4.69) is 15.5 Å². The Hall–Kier alpha value is -1.36. The summed E-state index contributed by atoms with van der Waals surface area (Å²) in [6.45, 7) is 0.558. The van der Waals surface area contributed by atoms with Crippen molar-refractivity contribution in [2.24, 2.45) is 0 Å². The van der Waals surface area contributed by atoms with Crippen LogP contribution < -0.4 is 5.32 Å². The van der Waals surface area contributed by atoms with E-state index in [1.165, 1.54) is 0 Å². The Morgan fingerprint density at radius 2 is 2.29 bits per heavy atom. The molecular weight excluding hydrogens is 206 g/mol. The first-order chi connectivity index (χ1) is 6.68. The SMILES string of the molecule is O=C(O)CCCNc1ccc(Cl)nn1. The van der Waals surface area contributed by atoms with Gasteiger partial charge < -0.3 is 10.4 Å². The zero-order valence-electron chi connectivity index (χ0n) is 7.40. The molecule has 0 saturated carbocycles. The molecule has 1 aromatic heterocycles. The van der Waals surface area contributed by atoms with E-state index >= 15 is 0 Å². The van der Waals surface area contributed by atoms with Crippen LogP contribution in [0.5, 0.6) is 0 Å². The average molecular weight is 216 g/mol. The maximum Gasteiger partial charge on any atom is 0.303 e. The van der Waals surface area contributed by atoms with Crippen LogP contribution in [0.3, 0.4) is 0 Å². The number of hydrogen-bond donors (Lipinski definition) is 2. The predicted molar refractivity (Wildman–Crippen MR) is 52.4 cm³/mol. The Balaban J connectivity index is 2.25. The first-order valence-electron chi connectivity index (χ1n) is 4.13. The third-order valence-corrected chi connectivity index (χ3v) is 1.71. The van der Waals surface area contributed by atoms with Crippen LogP contribution in [0.25, 0.3) is 0 Å². The number of carboxylic acid groups (broad SMARTS) is 1. The molecule has 1 rings (SSSR count). The van der Waals surface area contributed by atoms with Gasteiger partial charge in [0, 0.05) is 13.0 Å². The van der Waals surface area contributed by atoms with Gasteiger partial charge in [-0.15, -0.1) is 10.2 Å². The van der Waals surface area contributed by atoms with Crippen molar-refractivity contribution in [2.45, 2.75) is 12.8 Å². The number of hydrogen-bond acceptors (Lipinski definition) is 4. The Labute approximate surface area is 86.1 Å². The van der Waals surface area contributed by atoms with E-state index in [1.807, 2.05) is 0 Å². The number of rotatable bonds is 5. The van der Waals surface area contributed by atoms with Crippen LogP contribution in [0.4, 0.5) is 5.82 Å². The minimum absolute atomic E-state index is 0.147. The third kappa shape index (κ3) is 4.04. The zero-order chi connectivity index (χ0) is 10.4. The van der Waals surface area contributed by atoms with E-state index in [1.54, 1.807) is 12.1 Å². The average Bonchev–Trinajstić information content (AvgIpc) is 2.15. The Kier molecular flexibility index (Phi) is 4.12. The maximum atomic E-state index is 10.2. The largest absolute Gasteiger partial charge is 0.481 e. The predicted octanol–water partition coefficient (Wildman–Crippen LogP) is 1.41. The number of anilines is 1. The van der Waals surface area contributed by atoms with E-state index in [0.717, 1.165) is 0 Å². The molecular formula is C8H10ClN3O2. The molecule has 1 aromatic rings. The molecule has 0 radical (unpaired) electrons. The van der Waals surface area contributed by atoms with Crippen LogP contribution >= 0.6 is 11.6 Å². The topological polar surface area (TPSA) is 75.1 Å². The molecule has 0 aromatic carbocycles. The molecule has 0 fully saturated rings. The van der Waals surface area contributed by atoms with Gasteiger partial charge in [-0.1, -0.05) is 11.6 Å². The van der Waals surface area contributed by atoms with Gasteiger partial charge in [0.2, 0.25) is 0 Å². The number of aromatic nitrogens is 2. The Morgan fingerprint density at radius 3 is 2.86 bits per heavy atom. The molecule has 76 valence electrons. The molecule has 0 aliphatic heterocycles. The van der Waals surface area contributed by atoms with Gasteiger partial charge in [0.05, 0.1) is 0 Å². The smallest absolute Gasteiger partial charge is 0.303 e. The summed E-state index contributed by atoms with van der Waals surface area (Å²) < 4.78 is 0. The Bertz CT molecular complexity index is 302. The van der Waals surface area contributed by atoms with Crippen molar-refractivity contribution >= 4 is 23.4 Å². The lowest BCUT2D eigenvalue weighted by Crippen LogP contribution is -2.06. The molecule has 0 aliphatic rings. The molecule has 14 heavy (non-hydrogen) atoms. The van der Waals surface area contributed by atoms with E-state index in [9.17, 15) is 4.79 Å². The summed E-state index contributed by atoms with van der Waals surface area (Å²) >= 11 is 5.54. The van der Waals surface area contributed by atoms with Crippen molar-refractivity contribution < 1.29 is 9.90 Å². The standard InChI is InChI=1S/C8H10ClN3O2/c9-6-3-4-7(12-11-6)10-5-1-2-8(13)14/h3-4H,1-2,5H2,(H,10,12)(H,13,14). The molecule has 0 unspecified atom stereocenters. The van der Waals surface area contributed by atoms with E-state index in [4.69, 9.17) is 16.7 Å². The molecule has 6 heteroatoms. The molecule has 5 nitrogen and oxygen atoms in total. The van der Waals surface area contributed by atoms with Gasteiger partial charge in [-0.3, -0.25) is 4.79 Å². The molecule has 0 saturated heterocycles. The second-order valence-electron chi connectivity index (χ2n) is 2.67. The van der Waals surface area contributed by atoms with Crippen LogP contribution in [0.2, 0.25) is 5.15 Å². The van der Waals surface area contributed by atoms with Gasteiger partial charge in [0.25, 0.3) is 0 Å². The summed E-state index contributed by atoms with van der Waals surface area (Å²) in [7, 11) is 0. The fourth-order valence-electron chi connectivity index (χ4n) is 0.866.